The third kappa shape index (κ3) is 3.51. The lowest BCUT2D eigenvalue weighted by Crippen LogP contribution is -1.93. The van der Waals surface area contributed by atoms with Gasteiger partial charge in [0, 0.05) is 0 Å². The lowest BCUT2D eigenvalue weighted by molar-refractivity contribution is 0.198. The fourth-order valence-corrected chi connectivity index (χ4v) is 0.772. The van der Waals surface area contributed by atoms with Gasteiger partial charge in [0.05, 0.1) is 6.10 Å². The Bertz CT molecular complexity index is 259. The number of rotatable bonds is 1. The Hall–Kier alpha value is -0.960. The second kappa shape index (κ2) is 5.65. The van der Waals surface area contributed by atoms with E-state index in [-0.39, 0.29) is 0 Å². The largest absolute Gasteiger partial charge is 0.389 e. The fraction of sp³-hybridized carbons (Fsp3) is 0.400. The van der Waals surface area contributed by atoms with Crippen molar-refractivity contribution < 1.29 is 13.9 Å². The lowest BCUT2D eigenvalue weighted by Gasteiger charge is -2.03. The van der Waals surface area contributed by atoms with E-state index in [2.05, 4.69) is 0 Å². The van der Waals surface area contributed by atoms with E-state index in [9.17, 15) is 8.78 Å². The molecule has 0 fully saturated rings. The van der Waals surface area contributed by atoms with Crippen molar-refractivity contribution in [3.63, 3.8) is 0 Å². The molecule has 0 radical (unpaired) electrons. The standard InChI is InChI=1S/C8H8F2O.C2H6/c1-5(11)6-2-3-7(9)8(10)4-6;1-2/h2-5,11H,1H3;1-2H3. The van der Waals surface area contributed by atoms with Crippen LogP contribution >= 0.6 is 0 Å². The van der Waals surface area contributed by atoms with Crippen LogP contribution in [0.15, 0.2) is 18.2 Å². The molecule has 0 saturated carbocycles. The minimum Gasteiger partial charge on any atom is -0.389 e. The third-order valence-electron chi connectivity index (χ3n) is 1.43. The molecule has 0 heterocycles. The van der Waals surface area contributed by atoms with Gasteiger partial charge in [-0.3, -0.25) is 0 Å². The first-order valence-corrected chi connectivity index (χ1v) is 4.24. The van der Waals surface area contributed by atoms with Crippen LogP contribution in [-0.2, 0) is 0 Å². The molecule has 0 spiro atoms. The Labute approximate surface area is 77.0 Å². The van der Waals surface area contributed by atoms with Crippen LogP contribution in [0.5, 0.6) is 0 Å². The first-order chi connectivity index (χ1) is 6.11. The molecule has 1 rings (SSSR count). The number of halogens is 2. The summed E-state index contributed by atoms with van der Waals surface area (Å²) >= 11 is 0. The number of benzene rings is 1. The molecule has 3 heteroatoms. The highest BCUT2D eigenvalue weighted by Crippen LogP contribution is 2.14. The molecule has 0 amide bonds. The first kappa shape index (κ1) is 12.0. The molecule has 0 aliphatic heterocycles. The molecule has 1 N–H and O–H groups in total. The summed E-state index contributed by atoms with van der Waals surface area (Å²) in [7, 11) is 0. The molecular formula is C10H14F2O. The average Bonchev–Trinajstić information content (AvgIpc) is 2.13. The zero-order valence-electron chi connectivity index (χ0n) is 8.01. The minimum absolute atomic E-state index is 0.379. The van der Waals surface area contributed by atoms with Crippen molar-refractivity contribution in [3.8, 4) is 0 Å². The molecule has 1 unspecified atom stereocenters. The molecule has 0 aliphatic carbocycles. The van der Waals surface area contributed by atoms with Gasteiger partial charge in [0.2, 0.25) is 0 Å². The smallest absolute Gasteiger partial charge is 0.159 e. The van der Waals surface area contributed by atoms with E-state index in [1.165, 1.54) is 13.0 Å². The van der Waals surface area contributed by atoms with Gasteiger partial charge < -0.3 is 5.11 Å². The highest BCUT2D eigenvalue weighted by atomic mass is 19.2. The van der Waals surface area contributed by atoms with Crippen LogP contribution in [0.1, 0.15) is 32.4 Å². The molecule has 13 heavy (non-hydrogen) atoms. The molecule has 0 aromatic heterocycles. The molecule has 0 saturated heterocycles. The summed E-state index contributed by atoms with van der Waals surface area (Å²) in [5.41, 5.74) is 0.379. The zero-order valence-corrected chi connectivity index (χ0v) is 8.01. The molecule has 1 atom stereocenters. The zero-order chi connectivity index (χ0) is 10.4. The summed E-state index contributed by atoms with van der Waals surface area (Å²) in [6.07, 6.45) is -0.759. The topological polar surface area (TPSA) is 20.2 Å². The first-order valence-electron chi connectivity index (χ1n) is 4.24. The van der Waals surface area contributed by atoms with E-state index in [1.54, 1.807) is 0 Å². The third-order valence-corrected chi connectivity index (χ3v) is 1.43. The quantitative estimate of drug-likeness (QED) is 0.718. The number of aliphatic hydroxyl groups excluding tert-OH is 1. The van der Waals surface area contributed by atoms with Crippen LogP contribution in [0.25, 0.3) is 0 Å². The van der Waals surface area contributed by atoms with Gasteiger partial charge in [0.1, 0.15) is 0 Å². The van der Waals surface area contributed by atoms with Crippen molar-refractivity contribution in [1.29, 1.82) is 0 Å². The Morgan fingerprint density at radius 2 is 1.69 bits per heavy atom. The van der Waals surface area contributed by atoms with Crippen molar-refractivity contribution in [2.45, 2.75) is 26.9 Å². The summed E-state index contributed by atoms with van der Waals surface area (Å²) in [6.45, 7) is 5.49. The Balaban J connectivity index is 0.000000671. The number of hydrogen-bond donors (Lipinski definition) is 1. The fourth-order valence-electron chi connectivity index (χ4n) is 0.772. The number of aliphatic hydroxyl groups is 1. The molecule has 74 valence electrons. The maximum absolute atomic E-state index is 12.5. The Kier molecular flexibility index (Phi) is 5.23. The van der Waals surface area contributed by atoms with Gasteiger partial charge in [0.15, 0.2) is 11.6 Å². The maximum atomic E-state index is 12.5. The average molecular weight is 188 g/mol. The normalized spacial score (nSPS) is 11.5. The van der Waals surface area contributed by atoms with Crippen molar-refractivity contribution in [2.75, 3.05) is 0 Å². The molecule has 0 aliphatic rings. The van der Waals surface area contributed by atoms with Gasteiger partial charge in [-0.15, -0.1) is 0 Å². The van der Waals surface area contributed by atoms with E-state index in [1.807, 2.05) is 13.8 Å². The van der Waals surface area contributed by atoms with Crippen LogP contribution in [0.2, 0.25) is 0 Å². The van der Waals surface area contributed by atoms with Crippen molar-refractivity contribution >= 4 is 0 Å². The Morgan fingerprint density at radius 1 is 1.15 bits per heavy atom. The molecular weight excluding hydrogens is 174 g/mol. The maximum Gasteiger partial charge on any atom is 0.159 e. The summed E-state index contributed by atoms with van der Waals surface area (Å²) in [5.74, 6) is -1.82. The van der Waals surface area contributed by atoms with E-state index >= 15 is 0 Å². The van der Waals surface area contributed by atoms with Gasteiger partial charge in [-0.05, 0) is 24.6 Å². The van der Waals surface area contributed by atoms with E-state index < -0.39 is 17.7 Å². The number of hydrogen-bond acceptors (Lipinski definition) is 1. The van der Waals surface area contributed by atoms with E-state index in [0.29, 0.717) is 5.56 Å². The SMILES string of the molecule is CC.CC(O)c1ccc(F)c(F)c1. The van der Waals surface area contributed by atoms with E-state index in [4.69, 9.17) is 5.11 Å². The van der Waals surface area contributed by atoms with E-state index in [0.717, 1.165) is 12.1 Å². The highest BCUT2D eigenvalue weighted by molar-refractivity contribution is 5.19. The molecule has 1 nitrogen and oxygen atoms in total. The Morgan fingerprint density at radius 3 is 2.08 bits per heavy atom. The highest BCUT2D eigenvalue weighted by Gasteiger charge is 2.05. The molecule has 0 bridgehead atoms. The predicted octanol–water partition coefficient (Wildman–Crippen LogP) is 3.04. The van der Waals surface area contributed by atoms with Crippen LogP contribution in [0.3, 0.4) is 0 Å². The monoisotopic (exact) mass is 188 g/mol. The van der Waals surface area contributed by atoms with Crippen LogP contribution < -0.4 is 0 Å². The molecule has 1 aromatic rings. The summed E-state index contributed by atoms with van der Waals surface area (Å²) in [4.78, 5) is 0. The van der Waals surface area contributed by atoms with Gasteiger partial charge >= 0.3 is 0 Å². The van der Waals surface area contributed by atoms with Gasteiger partial charge in [0.25, 0.3) is 0 Å². The van der Waals surface area contributed by atoms with Gasteiger partial charge in [-0.2, -0.15) is 0 Å². The summed E-state index contributed by atoms with van der Waals surface area (Å²) < 4.78 is 24.8. The molecule has 1 aromatic carbocycles. The second-order valence-electron chi connectivity index (χ2n) is 2.35. The van der Waals surface area contributed by atoms with Crippen molar-refractivity contribution in [3.05, 3.63) is 35.4 Å². The van der Waals surface area contributed by atoms with Crippen LogP contribution in [-0.4, -0.2) is 5.11 Å². The lowest BCUT2D eigenvalue weighted by atomic mass is 10.1. The second-order valence-corrected chi connectivity index (χ2v) is 2.35. The summed E-state index contributed by atoms with van der Waals surface area (Å²) in [5, 5.41) is 8.95. The van der Waals surface area contributed by atoms with Gasteiger partial charge in [-0.25, -0.2) is 8.78 Å². The van der Waals surface area contributed by atoms with Gasteiger partial charge in [-0.1, -0.05) is 19.9 Å². The van der Waals surface area contributed by atoms with Crippen LogP contribution in [0.4, 0.5) is 8.78 Å². The predicted molar refractivity (Wildman–Crippen MR) is 48.3 cm³/mol. The van der Waals surface area contributed by atoms with Crippen LogP contribution in [0, 0.1) is 11.6 Å². The summed E-state index contributed by atoms with van der Waals surface area (Å²) in [6, 6.07) is 3.33. The minimum atomic E-state index is -0.927. The van der Waals surface area contributed by atoms with Crippen molar-refractivity contribution in [1.82, 2.24) is 0 Å². The van der Waals surface area contributed by atoms with Crippen molar-refractivity contribution in [2.24, 2.45) is 0 Å².